The molecule has 0 aromatic carbocycles. The second-order valence-electron chi connectivity index (χ2n) is 6.71. The first-order valence-electron chi connectivity index (χ1n) is 7.58. The predicted molar refractivity (Wildman–Crippen MR) is 74.8 cm³/mol. The molecule has 1 heterocycles. The molecule has 0 aromatic heterocycles. The maximum absolute atomic E-state index is 12.7. The molecule has 1 saturated heterocycles. The van der Waals surface area contributed by atoms with Gasteiger partial charge in [0.2, 0.25) is 11.8 Å². The average molecular weight is 291 g/mol. The van der Waals surface area contributed by atoms with Crippen LogP contribution in [0.25, 0.3) is 0 Å². The Bertz CT molecular complexity index is 494. The van der Waals surface area contributed by atoms with Gasteiger partial charge in [-0.3, -0.25) is 14.5 Å². The fourth-order valence-corrected chi connectivity index (χ4v) is 4.12. The molecule has 114 valence electrons. The number of methoxy groups -OCH3 is 1. The van der Waals surface area contributed by atoms with E-state index >= 15 is 0 Å². The van der Waals surface area contributed by atoms with Gasteiger partial charge >= 0.3 is 5.97 Å². The molecule has 0 aromatic rings. The molecule has 0 spiro atoms. The van der Waals surface area contributed by atoms with Gasteiger partial charge in [0, 0.05) is 0 Å². The third-order valence-electron chi connectivity index (χ3n) is 4.98. The second kappa shape index (κ2) is 4.97. The Labute approximate surface area is 124 Å². The van der Waals surface area contributed by atoms with Crippen molar-refractivity contribution in [2.45, 2.75) is 32.7 Å². The monoisotopic (exact) mass is 291 g/mol. The van der Waals surface area contributed by atoms with Crippen LogP contribution in [0.4, 0.5) is 0 Å². The number of likely N-dealkylation sites (tertiary alicyclic amines) is 1. The van der Waals surface area contributed by atoms with Crippen LogP contribution in [0.15, 0.2) is 12.2 Å². The van der Waals surface area contributed by atoms with E-state index in [0.717, 1.165) is 6.42 Å². The summed E-state index contributed by atoms with van der Waals surface area (Å²) in [5.74, 6) is -0.845. The number of nitrogens with zero attached hydrogens (tertiary/aromatic N) is 1. The zero-order valence-electron chi connectivity index (χ0n) is 12.6. The maximum atomic E-state index is 12.7. The lowest BCUT2D eigenvalue weighted by Gasteiger charge is -2.26. The van der Waals surface area contributed by atoms with Gasteiger partial charge in [-0.15, -0.1) is 0 Å². The molecule has 2 fully saturated rings. The van der Waals surface area contributed by atoms with Crippen molar-refractivity contribution < 1.29 is 19.1 Å². The Balaban J connectivity index is 1.90. The van der Waals surface area contributed by atoms with Crippen LogP contribution < -0.4 is 0 Å². The molecule has 2 aliphatic carbocycles. The van der Waals surface area contributed by atoms with Crippen LogP contribution in [0.2, 0.25) is 0 Å². The summed E-state index contributed by atoms with van der Waals surface area (Å²) in [6, 6.07) is -0.778. The fraction of sp³-hybridized carbons (Fsp3) is 0.688. The number of esters is 1. The van der Waals surface area contributed by atoms with Gasteiger partial charge in [-0.25, -0.2) is 4.79 Å². The first-order chi connectivity index (χ1) is 9.95. The SMILES string of the molecule is COC(=O)[C@H](CC(C)C)N1C(=O)[C@@H]2[C@@H](C1=O)[C@H]1C=C[C@H]2C1. The van der Waals surface area contributed by atoms with Crippen molar-refractivity contribution in [3.8, 4) is 0 Å². The van der Waals surface area contributed by atoms with E-state index in [-0.39, 0.29) is 41.4 Å². The van der Waals surface area contributed by atoms with Crippen LogP contribution >= 0.6 is 0 Å². The van der Waals surface area contributed by atoms with Gasteiger partial charge < -0.3 is 4.74 Å². The summed E-state index contributed by atoms with van der Waals surface area (Å²) in [6.07, 6.45) is 5.45. The number of carbonyl (C=O) groups excluding carboxylic acids is 3. The van der Waals surface area contributed by atoms with E-state index in [0.29, 0.717) is 6.42 Å². The van der Waals surface area contributed by atoms with Gasteiger partial charge in [0.1, 0.15) is 6.04 Å². The van der Waals surface area contributed by atoms with E-state index in [4.69, 9.17) is 4.74 Å². The smallest absolute Gasteiger partial charge is 0.329 e. The highest BCUT2D eigenvalue weighted by molar-refractivity contribution is 6.08. The molecule has 1 saturated carbocycles. The molecule has 21 heavy (non-hydrogen) atoms. The molecule has 5 heteroatoms. The topological polar surface area (TPSA) is 63.7 Å². The van der Waals surface area contributed by atoms with Crippen LogP contribution in [0, 0.1) is 29.6 Å². The summed E-state index contributed by atoms with van der Waals surface area (Å²) in [6.45, 7) is 3.93. The Morgan fingerprint density at radius 3 is 2.19 bits per heavy atom. The highest BCUT2D eigenvalue weighted by Gasteiger charge is 2.61. The third kappa shape index (κ3) is 2.01. The van der Waals surface area contributed by atoms with Crippen LogP contribution in [0.5, 0.6) is 0 Å². The van der Waals surface area contributed by atoms with Crippen LogP contribution in [0.3, 0.4) is 0 Å². The summed E-state index contributed by atoms with van der Waals surface area (Å²) in [5.41, 5.74) is 0. The Hall–Kier alpha value is -1.65. The molecule has 3 aliphatic rings. The largest absolute Gasteiger partial charge is 0.467 e. The van der Waals surface area contributed by atoms with E-state index in [1.807, 2.05) is 13.8 Å². The van der Waals surface area contributed by atoms with Gasteiger partial charge in [-0.2, -0.15) is 0 Å². The molecule has 0 N–H and O–H groups in total. The van der Waals surface area contributed by atoms with Crippen LogP contribution in [-0.4, -0.2) is 35.8 Å². The third-order valence-corrected chi connectivity index (χ3v) is 4.98. The van der Waals surface area contributed by atoms with Gasteiger partial charge in [0.15, 0.2) is 0 Å². The standard InChI is InChI=1S/C16H21NO4/c1-8(2)6-11(16(20)21-3)17-14(18)12-9-4-5-10(7-9)13(12)15(17)19/h4-5,8-13H,6-7H2,1-3H3/t9-,10-,11-,12-,13-/m0/s1. The summed E-state index contributed by atoms with van der Waals surface area (Å²) in [5, 5.41) is 0. The van der Waals surface area contributed by atoms with Gasteiger partial charge in [-0.1, -0.05) is 26.0 Å². The maximum Gasteiger partial charge on any atom is 0.329 e. The normalized spacial score (nSPS) is 34.8. The van der Waals surface area contributed by atoms with Crippen molar-refractivity contribution >= 4 is 17.8 Å². The Morgan fingerprint density at radius 2 is 1.76 bits per heavy atom. The lowest BCUT2D eigenvalue weighted by atomic mass is 9.85. The number of fused-ring (bicyclic) bond motifs is 5. The molecule has 5 nitrogen and oxygen atoms in total. The zero-order valence-corrected chi connectivity index (χ0v) is 12.6. The Kier molecular flexibility index (Phi) is 3.38. The van der Waals surface area contributed by atoms with E-state index in [1.54, 1.807) is 0 Å². The quantitative estimate of drug-likeness (QED) is 0.446. The lowest BCUT2D eigenvalue weighted by molar-refractivity contribution is -0.158. The number of imide groups is 1. The summed E-state index contributed by atoms with van der Waals surface area (Å²) >= 11 is 0. The number of hydrogen-bond acceptors (Lipinski definition) is 4. The number of ether oxygens (including phenoxy) is 1. The second-order valence-corrected chi connectivity index (χ2v) is 6.71. The summed E-state index contributed by atoms with van der Waals surface area (Å²) in [7, 11) is 1.30. The number of carbonyl (C=O) groups is 3. The number of hydrogen-bond donors (Lipinski definition) is 0. The van der Waals surface area contributed by atoms with Crippen molar-refractivity contribution in [3.63, 3.8) is 0 Å². The van der Waals surface area contributed by atoms with Gasteiger partial charge in [0.05, 0.1) is 18.9 Å². The first-order valence-corrected chi connectivity index (χ1v) is 7.58. The number of amides is 2. The number of allylic oxidation sites excluding steroid dienone is 2. The van der Waals surface area contributed by atoms with E-state index in [2.05, 4.69) is 12.2 Å². The molecule has 5 atom stereocenters. The molecule has 1 aliphatic heterocycles. The minimum absolute atomic E-state index is 0.166. The molecule has 2 bridgehead atoms. The van der Waals surface area contributed by atoms with E-state index in [9.17, 15) is 14.4 Å². The van der Waals surface area contributed by atoms with Crippen molar-refractivity contribution in [3.05, 3.63) is 12.2 Å². The zero-order chi connectivity index (χ0) is 15.3. The van der Waals surface area contributed by atoms with Gasteiger partial charge in [0.25, 0.3) is 0 Å². The van der Waals surface area contributed by atoms with Crippen molar-refractivity contribution in [1.29, 1.82) is 0 Å². The first kappa shape index (κ1) is 14.3. The predicted octanol–water partition coefficient (Wildman–Crippen LogP) is 1.38. The molecule has 0 radical (unpaired) electrons. The molecule has 2 amide bonds. The molecular weight excluding hydrogens is 270 g/mol. The fourth-order valence-electron chi connectivity index (χ4n) is 4.12. The van der Waals surface area contributed by atoms with Crippen molar-refractivity contribution in [2.24, 2.45) is 29.6 Å². The molecule has 3 rings (SSSR count). The summed E-state index contributed by atoms with van der Waals surface area (Å²) < 4.78 is 4.81. The lowest BCUT2D eigenvalue weighted by Crippen LogP contribution is -2.47. The van der Waals surface area contributed by atoms with Gasteiger partial charge in [-0.05, 0) is 30.6 Å². The van der Waals surface area contributed by atoms with Crippen LogP contribution in [0.1, 0.15) is 26.7 Å². The molecular formula is C16H21NO4. The minimum Gasteiger partial charge on any atom is -0.467 e. The number of rotatable bonds is 4. The van der Waals surface area contributed by atoms with E-state index in [1.165, 1.54) is 12.0 Å². The Morgan fingerprint density at radius 1 is 1.24 bits per heavy atom. The highest BCUT2D eigenvalue weighted by atomic mass is 16.5. The minimum atomic E-state index is -0.778. The van der Waals surface area contributed by atoms with Crippen molar-refractivity contribution in [1.82, 2.24) is 4.90 Å². The van der Waals surface area contributed by atoms with Crippen molar-refractivity contribution in [2.75, 3.05) is 7.11 Å². The molecule has 0 unspecified atom stereocenters. The summed E-state index contributed by atoms with van der Waals surface area (Å²) in [4.78, 5) is 38.6. The average Bonchev–Trinajstić information content (AvgIpc) is 3.10. The highest BCUT2D eigenvalue weighted by Crippen LogP contribution is 2.53. The van der Waals surface area contributed by atoms with Crippen LogP contribution in [-0.2, 0) is 19.1 Å². The van der Waals surface area contributed by atoms with E-state index < -0.39 is 12.0 Å².